The van der Waals surface area contributed by atoms with Gasteiger partial charge in [-0.25, -0.2) is 0 Å². The molecule has 33 heteroatoms. The molecule has 8 aliphatic heterocycles. The Balaban J connectivity index is 0.000000225. The van der Waals surface area contributed by atoms with Crippen molar-refractivity contribution >= 4 is 52.8 Å². The van der Waals surface area contributed by atoms with E-state index < -0.39 is 100 Å². The molecule has 0 aromatic heterocycles. The van der Waals surface area contributed by atoms with E-state index in [-0.39, 0.29) is 135 Å². The molecule has 4 fully saturated rings. The van der Waals surface area contributed by atoms with Gasteiger partial charge in [-0.15, -0.1) is 0 Å². The molecule has 8 heterocycles. The Morgan fingerprint density at radius 3 is 0.806 bits per heavy atom. The fraction of sp³-hybridized carbons (Fsp3) is 0.492. The topological polar surface area (TPSA) is 405 Å². The maximum atomic E-state index is 14.0. The first-order chi connectivity index (χ1) is 45.0. The second-order valence-electron chi connectivity index (χ2n) is 26.8. The zero-order chi connectivity index (χ0) is 69.6. The van der Waals surface area contributed by atoms with Crippen LogP contribution >= 0.6 is 29.1 Å². The predicted octanol–water partition coefficient (Wildman–Crippen LogP) is 5.90. The predicted molar refractivity (Wildman–Crippen MR) is 339 cm³/mol. The van der Waals surface area contributed by atoms with Crippen LogP contribution in [0.5, 0.6) is 23.0 Å². The molecule has 2 N–H and O–H groups in total. The third-order valence-electron chi connectivity index (χ3n) is 18.6. The Bertz CT molecular complexity index is 3740. The van der Waals surface area contributed by atoms with E-state index in [2.05, 4.69) is 0 Å². The Hall–Kier alpha value is -6.61. The Morgan fingerprint density at radius 2 is 0.622 bits per heavy atom. The van der Waals surface area contributed by atoms with E-state index in [1.54, 1.807) is 52.0 Å². The van der Waals surface area contributed by atoms with Gasteiger partial charge in [-0.3, -0.25) is 46.5 Å². The van der Waals surface area contributed by atoms with Gasteiger partial charge >= 0.3 is 44.1 Å². The number of hydrogen-bond acceptors (Lipinski definition) is 22. The van der Waals surface area contributed by atoms with Crippen LogP contribution in [0, 0.1) is 52.8 Å². The molecule has 514 valence electrons. The number of carbonyl (C=O) groups excluding carboxylic acids is 4. The molecule has 4 amide bonds. The van der Waals surface area contributed by atoms with Gasteiger partial charge in [0.25, 0.3) is 0 Å². The molecule has 0 radical (unpaired) electrons. The van der Waals surface area contributed by atoms with Crippen molar-refractivity contribution in [2.45, 2.75) is 178 Å². The molecule has 4 aromatic rings. The van der Waals surface area contributed by atoms with E-state index in [9.17, 15) is 78.1 Å². The van der Waals surface area contributed by atoms with Crippen molar-refractivity contribution in [3.63, 3.8) is 0 Å². The van der Waals surface area contributed by atoms with Crippen molar-refractivity contribution in [1.29, 1.82) is 21.0 Å². The van der Waals surface area contributed by atoms with Crippen molar-refractivity contribution in [1.82, 2.24) is 19.6 Å². The van der Waals surface area contributed by atoms with Gasteiger partial charge in [0.2, 0.25) is 38.2 Å². The minimum atomic E-state index is -5.92. The monoisotopic (exact) mass is 1430 g/mol. The van der Waals surface area contributed by atoms with E-state index >= 15 is 0 Å². The number of nitrogens with zero attached hydrogens (tertiary/aromatic N) is 8. The summed E-state index contributed by atoms with van der Waals surface area (Å²) in [5.74, 6) is 0.133. The first-order valence-electron chi connectivity index (χ1n) is 31.1. The van der Waals surface area contributed by atoms with Crippen LogP contribution in [0.4, 0.5) is 0 Å². The average molecular weight is 1430 g/mol. The van der Waals surface area contributed by atoms with Crippen molar-refractivity contribution in [2.24, 2.45) is 0 Å². The Morgan fingerprint density at radius 1 is 0.418 bits per heavy atom. The summed E-state index contributed by atoms with van der Waals surface area (Å²) in [4.78, 5) is 109. The van der Waals surface area contributed by atoms with Gasteiger partial charge in [0.15, 0.2) is 0 Å². The molecular formula is C65H73N8NaO20P4. The molecule has 0 aliphatic carbocycles. The molecule has 12 rings (SSSR count). The molecule has 4 aromatic carbocycles. The van der Waals surface area contributed by atoms with Gasteiger partial charge in [0.1, 0.15) is 69.8 Å². The smallest absolute Gasteiger partial charge is 0.770 e. The maximum absolute atomic E-state index is 14.0. The molecule has 98 heavy (non-hydrogen) atoms. The standard InChI is InChI=1S/2C32H36N4O10P2.CH3.Na/c2*1-31(2)29(27(35-13-5-7-25(35)37)21-15-19(17-33)9-11-23(21)43-31)45-47(39,40)48(41,42)46-30-28(36-14-6-8-26(36)38)22-16-20(18-34)10-12-24(22)44-32(30,3)4;;/h2*9-12,15-16,27-30H,5-8,13-14H2,1-4H3,(H,39,40)(H,41,42);1H3;/q;;2*+1/p-2/t2*27-,28-,29+,30+;;/m11../s1. The Labute approximate surface area is 589 Å². The number of hydrogen-bond donors (Lipinski definition) is 2. The van der Waals surface area contributed by atoms with Gasteiger partial charge in [-0.2, -0.15) is 21.0 Å². The van der Waals surface area contributed by atoms with Gasteiger partial charge in [0.05, 0.1) is 70.7 Å². The number of carbonyl (C=O) groups is 4. The van der Waals surface area contributed by atoms with Crippen molar-refractivity contribution in [2.75, 3.05) is 26.2 Å². The van der Waals surface area contributed by atoms with Crippen molar-refractivity contribution in [3.05, 3.63) is 125 Å². The minimum absolute atomic E-state index is 0. The largest absolute Gasteiger partial charge is 1.00 e. The van der Waals surface area contributed by atoms with Crippen LogP contribution in [0.15, 0.2) is 72.8 Å². The van der Waals surface area contributed by atoms with E-state index in [0.717, 1.165) is 0 Å². The SMILES string of the molecule is CC1(C)Oc2ccc(C#N)cc2[C@@H](N2CCCC2=O)[C@@H]1OP(=O)([O-])P(=O)(O)O[C@H]1[C@H](N2CCCC2=O)c2cc(C#N)ccc2OC1(C)C.CC1(C)Oc2ccc(C#N)cc2[C@@H](N2CCCC2=O)[C@@H]1OP(=O)([O-])P(=O)(O)O[C@H]1[C@H](N2CCCC2=O)c2cc(C#N)ccc2OC1(C)C.[CH3+].[Na+]. The third kappa shape index (κ3) is 14.0. The van der Waals surface area contributed by atoms with Crippen molar-refractivity contribution in [3.8, 4) is 47.3 Å². The second kappa shape index (κ2) is 27.7. The van der Waals surface area contributed by atoms with Crippen molar-refractivity contribution < 1.29 is 124 Å². The zero-order valence-corrected chi connectivity index (χ0v) is 61.2. The number of nitriles is 4. The molecule has 0 spiro atoms. The van der Waals surface area contributed by atoms with Gasteiger partial charge in [-0.1, -0.05) is 0 Å². The van der Waals surface area contributed by atoms with Crippen LogP contribution in [0.1, 0.15) is 175 Å². The first kappa shape index (κ1) is 75.6. The molecule has 28 nitrogen and oxygen atoms in total. The van der Waals surface area contributed by atoms with Gasteiger partial charge in [0, 0.05) is 81.5 Å². The zero-order valence-electron chi connectivity index (χ0n) is 55.6. The molecule has 0 saturated carbocycles. The van der Waals surface area contributed by atoms with Crippen LogP contribution < -0.4 is 58.3 Å². The Kier molecular flexibility index (Phi) is 21.4. The summed E-state index contributed by atoms with van der Waals surface area (Å²) < 4.78 is 103. The van der Waals surface area contributed by atoms with Crippen LogP contribution in [0.2, 0.25) is 0 Å². The molecule has 0 bridgehead atoms. The molecule has 4 unspecified atom stereocenters. The summed E-state index contributed by atoms with van der Waals surface area (Å²) in [6.45, 7) is 13.3. The summed E-state index contributed by atoms with van der Waals surface area (Å²) in [5, 5.41) is 38.3. The van der Waals surface area contributed by atoms with Crippen LogP contribution in [0.25, 0.3) is 0 Å². The number of rotatable bonds is 14. The van der Waals surface area contributed by atoms with E-state index in [4.69, 9.17) is 37.0 Å². The maximum Gasteiger partial charge on any atom is 1.00 e. The normalized spacial score (nSPS) is 27.6. The summed E-state index contributed by atoms with van der Waals surface area (Å²) >= 11 is 0. The number of benzene rings is 4. The number of amides is 4. The van der Waals surface area contributed by atoms with Gasteiger partial charge in [-0.05, 0) is 154 Å². The number of ether oxygens (including phenoxy) is 4. The minimum Gasteiger partial charge on any atom is -0.770 e. The summed E-state index contributed by atoms with van der Waals surface area (Å²) in [6, 6.07) is 22.1. The first-order valence-corrected chi connectivity index (χ1v) is 38.8. The van der Waals surface area contributed by atoms with E-state index in [0.29, 0.717) is 70.9 Å². The number of fused-ring (bicyclic) bond motifs is 4. The van der Waals surface area contributed by atoms with Crippen LogP contribution in [0.3, 0.4) is 0 Å². The summed E-state index contributed by atoms with van der Waals surface area (Å²) in [5.41, 5.74) is -3.58. The van der Waals surface area contributed by atoms with Gasteiger partial charge < -0.3 is 67.2 Å². The molecule has 4 saturated heterocycles. The summed E-state index contributed by atoms with van der Waals surface area (Å²) in [6.07, 6.45) is -3.25. The fourth-order valence-electron chi connectivity index (χ4n) is 14.0. The molecule has 12 atom stereocenters. The third-order valence-corrected chi connectivity index (χ3v) is 26.7. The second-order valence-corrected chi connectivity index (χ2v) is 37.5. The molecule has 8 aliphatic rings. The van der Waals surface area contributed by atoms with E-state index in [1.165, 1.54) is 95.8 Å². The quantitative estimate of drug-likeness (QED) is 0.0842. The molecular weight excluding hydrogens is 1360 g/mol. The number of likely N-dealkylation sites (tertiary alicyclic amines) is 4. The summed E-state index contributed by atoms with van der Waals surface area (Å²) in [7, 11) is -23.4. The average Bonchev–Trinajstić information content (AvgIpc) is 0.759. The fourth-order valence-corrected chi connectivity index (χ4v) is 19.8. The van der Waals surface area contributed by atoms with E-state index in [1.807, 2.05) is 24.3 Å². The van der Waals surface area contributed by atoms with Crippen LogP contribution in [-0.2, 0) is 55.5 Å². The van der Waals surface area contributed by atoms with Crippen LogP contribution in [-0.4, -0.2) is 126 Å².